The average Bonchev–Trinajstić information content (AvgIpc) is 2.98. The van der Waals surface area contributed by atoms with E-state index in [1.165, 1.54) is 6.07 Å². The van der Waals surface area contributed by atoms with Gasteiger partial charge in [0.15, 0.2) is 16.8 Å². The van der Waals surface area contributed by atoms with E-state index in [0.29, 0.717) is 23.5 Å². The lowest BCUT2D eigenvalue weighted by Crippen LogP contribution is -2.26. The van der Waals surface area contributed by atoms with Crippen molar-refractivity contribution >= 4 is 44.4 Å². The fourth-order valence-corrected chi connectivity index (χ4v) is 3.53. The Kier molecular flexibility index (Phi) is 3.70. The van der Waals surface area contributed by atoms with Crippen molar-refractivity contribution in [3.05, 3.63) is 79.1 Å². The number of carbonyl (C=O) groups excluding carboxylic acids is 1. The molecular formula is C18H11BrClNO3. The number of nitrogens with zero attached hydrogens (tertiary/aromatic N) is 1. The van der Waals surface area contributed by atoms with E-state index >= 15 is 0 Å². The molecular weight excluding hydrogens is 394 g/mol. The summed E-state index contributed by atoms with van der Waals surface area (Å²) in [6.45, 7) is 0.976. The SMILES string of the molecule is O=C(c1cc(=O)c2cccc(Cl)c2o1)N1Cc2ccc(Br)cc2C1. The topological polar surface area (TPSA) is 50.5 Å². The molecule has 1 amide bonds. The van der Waals surface area contributed by atoms with Gasteiger partial charge in [0, 0.05) is 23.6 Å². The van der Waals surface area contributed by atoms with Gasteiger partial charge in [-0.1, -0.05) is 39.7 Å². The Morgan fingerprint density at radius 1 is 1.12 bits per heavy atom. The van der Waals surface area contributed by atoms with Gasteiger partial charge in [0.25, 0.3) is 5.91 Å². The van der Waals surface area contributed by atoms with Crippen LogP contribution in [-0.4, -0.2) is 10.8 Å². The first-order valence-electron chi connectivity index (χ1n) is 7.32. The van der Waals surface area contributed by atoms with Crippen LogP contribution in [0.3, 0.4) is 0 Å². The van der Waals surface area contributed by atoms with Gasteiger partial charge in [0.1, 0.15) is 0 Å². The van der Waals surface area contributed by atoms with Crippen LogP contribution in [0.4, 0.5) is 0 Å². The highest BCUT2D eigenvalue weighted by Crippen LogP contribution is 2.28. The van der Waals surface area contributed by atoms with Gasteiger partial charge in [0.2, 0.25) is 0 Å². The Morgan fingerprint density at radius 3 is 2.75 bits per heavy atom. The Labute approximate surface area is 150 Å². The minimum Gasteiger partial charge on any atom is -0.449 e. The van der Waals surface area contributed by atoms with Crippen molar-refractivity contribution in [2.45, 2.75) is 13.1 Å². The molecule has 0 aliphatic carbocycles. The van der Waals surface area contributed by atoms with E-state index < -0.39 is 0 Å². The molecule has 0 spiro atoms. The molecule has 1 aliphatic heterocycles. The van der Waals surface area contributed by atoms with Crippen LogP contribution in [0.5, 0.6) is 0 Å². The van der Waals surface area contributed by atoms with Crippen molar-refractivity contribution in [2.24, 2.45) is 0 Å². The second kappa shape index (κ2) is 5.76. The van der Waals surface area contributed by atoms with Gasteiger partial charge in [-0.15, -0.1) is 0 Å². The summed E-state index contributed by atoms with van der Waals surface area (Å²) in [6.07, 6.45) is 0. The highest BCUT2D eigenvalue weighted by molar-refractivity contribution is 9.10. The molecule has 0 fully saturated rings. The van der Waals surface area contributed by atoms with E-state index in [9.17, 15) is 9.59 Å². The number of fused-ring (bicyclic) bond motifs is 2. The number of rotatable bonds is 1. The maximum Gasteiger partial charge on any atom is 0.290 e. The Balaban J connectivity index is 1.72. The second-order valence-electron chi connectivity index (χ2n) is 5.67. The molecule has 1 aromatic heterocycles. The Bertz CT molecular complexity index is 1040. The van der Waals surface area contributed by atoms with Gasteiger partial charge in [-0.2, -0.15) is 0 Å². The number of carbonyl (C=O) groups is 1. The molecule has 2 aromatic carbocycles. The lowest BCUT2D eigenvalue weighted by atomic mass is 10.1. The molecule has 0 radical (unpaired) electrons. The van der Waals surface area contributed by atoms with Crippen LogP contribution in [0.1, 0.15) is 21.7 Å². The highest BCUT2D eigenvalue weighted by atomic mass is 79.9. The minimum atomic E-state index is -0.318. The van der Waals surface area contributed by atoms with Crippen molar-refractivity contribution in [1.29, 1.82) is 0 Å². The lowest BCUT2D eigenvalue weighted by molar-refractivity contribution is 0.0720. The first-order valence-corrected chi connectivity index (χ1v) is 8.49. The van der Waals surface area contributed by atoms with E-state index in [4.69, 9.17) is 16.0 Å². The molecule has 0 N–H and O–H groups in total. The molecule has 0 bridgehead atoms. The Morgan fingerprint density at radius 2 is 1.92 bits per heavy atom. The summed E-state index contributed by atoms with van der Waals surface area (Å²) >= 11 is 9.53. The quantitative estimate of drug-likeness (QED) is 0.605. The van der Waals surface area contributed by atoms with Crippen molar-refractivity contribution in [3.8, 4) is 0 Å². The zero-order valence-corrected chi connectivity index (χ0v) is 14.7. The zero-order valence-electron chi connectivity index (χ0n) is 12.4. The van der Waals surface area contributed by atoms with Crippen LogP contribution in [-0.2, 0) is 13.1 Å². The van der Waals surface area contributed by atoms with Gasteiger partial charge in [-0.25, -0.2) is 0 Å². The summed E-state index contributed by atoms with van der Waals surface area (Å²) in [5, 5.41) is 0.681. The Hall–Kier alpha value is -2.11. The maximum absolute atomic E-state index is 12.7. The highest BCUT2D eigenvalue weighted by Gasteiger charge is 2.26. The third kappa shape index (κ3) is 2.54. The van der Waals surface area contributed by atoms with E-state index in [-0.39, 0.29) is 22.7 Å². The van der Waals surface area contributed by atoms with E-state index in [0.717, 1.165) is 15.6 Å². The lowest BCUT2D eigenvalue weighted by Gasteiger charge is -2.14. The smallest absolute Gasteiger partial charge is 0.290 e. The summed E-state index contributed by atoms with van der Waals surface area (Å²) in [6, 6.07) is 12.1. The summed E-state index contributed by atoms with van der Waals surface area (Å²) in [4.78, 5) is 26.6. The molecule has 4 rings (SSSR count). The first kappa shape index (κ1) is 15.4. The third-order valence-corrected chi connectivity index (χ3v) is 4.89. The van der Waals surface area contributed by atoms with E-state index in [1.54, 1.807) is 23.1 Å². The molecule has 3 aromatic rings. The molecule has 0 unspecified atom stereocenters. The molecule has 0 saturated carbocycles. The number of benzene rings is 2. The molecule has 24 heavy (non-hydrogen) atoms. The summed E-state index contributed by atoms with van der Waals surface area (Å²) in [7, 11) is 0. The number of hydrogen-bond donors (Lipinski definition) is 0. The van der Waals surface area contributed by atoms with Gasteiger partial charge in [-0.05, 0) is 35.4 Å². The predicted octanol–water partition coefficient (Wildman–Crippen LogP) is 4.36. The van der Waals surface area contributed by atoms with Gasteiger partial charge in [-0.3, -0.25) is 9.59 Å². The summed E-state index contributed by atoms with van der Waals surface area (Å²) in [5.41, 5.74) is 2.14. The van der Waals surface area contributed by atoms with Crippen LogP contribution in [0.15, 0.2) is 56.1 Å². The van der Waals surface area contributed by atoms with Crippen LogP contribution < -0.4 is 5.43 Å². The molecule has 0 atom stereocenters. The van der Waals surface area contributed by atoms with Gasteiger partial charge >= 0.3 is 0 Å². The van der Waals surface area contributed by atoms with Gasteiger partial charge < -0.3 is 9.32 Å². The molecule has 2 heterocycles. The van der Waals surface area contributed by atoms with Crippen molar-refractivity contribution in [2.75, 3.05) is 0 Å². The van der Waals surface area contributed by atoms with E-state index in [1.807, 2.05) is 18.2 Å². The largest absolute Gasteiger partial charge is 0.449 e. The summed E-state index contributed by atoms with van der Waals surface area (Å²) < 4.78 is 6.61. The van der Waals surface area contributed by atoms with Gasteiger partial charge in [0.05, 0.1) is 10.4 Å². The average molecular weight is 405 g/mol. The van der Waals surface area contributed by atoms with Crippen molar-refractivity contribution in [3.63, 3.8) is 0 Å². The molecule has 1 aliphatic rings. The molecule has 6 heteroatoms. The maximum atomic E-state index is 12.7. The number of para-hydroxylation sites is 1. The number of amides is 1. The molecule has 0 saturated heterocycles. The van der Waals surface area contributed by atoms with Crippen molar-refractivity contribution in [1.82, 2.24) is 4.90 Å². The minimum absolute atomic E-state index is 0.00692. The standard InChI is InChI=1S/C18H11BrClNO3/c19-12-5-4-10-8-21(9-11(10)6-12)18(23)16-7-15(22)13-2-1-3-14(20)17(13)24-16/h1-7H,8-9H2. The van der Waals surface area contributed by atoms with Crippen LogP contribution >= 0.6 is 27.5 Å². The monoisotopic (exact) mass is 403 g/mol. The second-order valence-corrected chi connectivity index (χ2v) is 6.99. The van der Waals surface area contributed by atoms with E-state index in [2.05, 4.69) is 15.9 Å². The number of halogens is 2. The third-order valence-electron chi connectivity index (χ3n) is 4.10. The number of hydrogen-bond acceptors (Lipinski definition) is 3. The van der Waals surface area contributed by atoms with Crippen molar-refractivity contribution < 1.29 is 9.21 Å². The van der Waals surface area contributed by atoms with Crippen LogP contribution in [0.25, 0.3) is 11.0 Å². The predicted molar refractivity (Wildman–Crippen MR) is 95.2 cm³/mol. The first-order chi connectivity index (χ1) is 11.5. The summed E-state index contributed by atoms with van der Waals surface area (Å²) in [5.74, 6) is -0.311. The molecule has 4 nitrogen and oxygen atoms in total. The van der Waals surface area contributed by atoms with Crippen LogP contribution in [0, 0.1) is 0 Å². The normalized spacial score (nSPS) is 13.3. The zero-order chi connectivity index (χ0) is 16.8. The molecule has 120 valence electrons. The van der Waals surface area contributed by atoms with Crippen LogP contribution in [0.2, 0.25) is 5.02 Å². The fourth-order valence-electron chi connectivity index (χ4n) is 2.91. The fraction of sp³-hybridized carbons (Fsp3) is 0.111.